The number of aromatic nitrogens is 1. The molecule has 0 aromatic carbocycles. The van der Waals surface area contributed by atoms with Crippen molar-refractivity contribution in [1.29, 1.82) is 0 Å². The second-order valence-corrected chi connectivity index (χ2v) is 9.92. The maximum atomic E-state index is 13.1. The molecule has 0 saturated heterocycles. The van der Waals surface area contributed by atoms with Crippen molar-refractivity contribution in [2.24, 2.45) is 24.3 Å². The Kier molecular flexibility index (Phi) is 9.67. The molecule has 0 aliphatic carbocycles. The van der Waals surface area contributed by atoms with Crippen LogP contribution in [0.3, 0.4) is 0 Å². The smallest absolute Gasteiger partial charge is 0.242 e. The first-order valence-electron chi connectivity index (χ1n) is 10.7. The van der Waals surface area contributed by atoms with Crippen molar-refractivity contribution >= 4 is 11.8 Å². The van der Waals surface area contributed by atoms with Crippen molar-refractivity contribution in [2.45, 2.75) is 60.9 Å². The second-order valence-electron chi connectivity index (χ2n) is 9.92. The Balaban J connectivity index is 2.84. The highest BCUT2D eigenvalue weighted by Crippen LogP contribution is 2.26. The summed E-state index contributed by atoms with van der Waals surface area (Å²) >= 11 is 0. The van der Waals surface area contributed by atoms with Crippen LogP contribution in [0, 0.1) is 17.3 Å². The Morgan fingerprint density at radius 2 is 1.83 bits per heavy atom. The van der Waals surface area contributed by atoms with E-state index in [1.807, 2.05) is 34.8 Å². The summed E-state index contributed by atoms with van der Waals surface area (Å²) in [6.45, 7) is 18.4. The summed E-state index contributed by atoms with van der Waals surface area (Å²) in [7, 11) is 1.98. The van der Waals surface area contributed by atoms with E-state index in [2.05, 4.69) is 48.1 Å². The monoisotopic (exact) mass is 403 g/mol. The molecule has 0 fully saturated rings. The predicted octanol–water partition coefficient (Wildman–Crippen LogP) is 4.49. The predicted molar refractivity (Wildman–Crippen MR) is 120 cm³/mol. The molecule has 0 saturated carbocycles. The molecule has 1 rings (SSSR count). The molecule has 0 spiro atoms. The van der Waals surface area contributed by atoms with Gasteiger partial charge in [-0.1, -0.05) is 47.6 Å². The van der Waals surface area contributed by atoms with Gasteiger partial charge in [0, 0.05) is 38.4 Å². The van der Waals surface area contributed by atoms with E-state index in [1.165, 1.54) is 0 Å². The Morgan fingerprint density at radius 1 is 1.17 bits per heavy atom. The maximum Gasteiger partial charge on any atom is 0.242 e. The molecule has 5 heteroatoms. The van der Waals surface area contributed by atoms with Gasteiger partial charge in [0.15, 0.2) is 0 Å². The maximum absolute atomic E-state index is 13.1. The van der Waals surface area contributed by atoms with Crippen LogP contribution in [0.1, 0.15) is 60.1 Å². The minimum atomic E-state index is -0.0152. The Bertz CT molecular complexity index is 670. The van der Waals surface area contributed by atoms with E-state index in [0.717, 1.165) is 12.1 Å². The van der Waals surface area contributed by atoms with Crippen molar-refractivity contribution in [2.75, 3.05) is 19.6 Å². The molecule has 1 heterocycles. The molecule has 0 unspecified atom stereocenters. The summed E-state index contributed by atoms with van der Waals surface area (Å²) < 4.78 is 2.03. The number of nitrogens with zero attached hydrogens (tertiary/aromatic N) is 3. The molecule has 0 aliphatic heterocycles. The molecule has 1 aromatic rings. The van der Waals surface area contributed by atoms with E-state index in [-0.39, 0.29) is 29.7 Å². The fraction of sp³-hybridized carbons (Fsp3) is 0.667. The lowest BCUT2D eigenvalue weighted by atomic mass is 9.84. The molecule has 0 aliphatic rings. The van der Waals surface area contributed by atoms with Gasteiger partial charge in [-0.2, -0.15) is 0 Å². The van der Waals surface area contributed by atoms with Crippen molar-refractivity contribution in [3.63, 3.8) is 0 Å². The van der Waals surface area contributed by atoms with Crippen molar-refractivity contribution in [3.8, 4) is 0 Å². The quantitative estimate of drug-likeness (QED) is 0.511. The minimum absolute atomic E-state index is 0.0152. The molecule has 164 valence electrons. The van der Waals surface area contributed by atoms with Crippen LogP contribution in [0.15, 0.2) is 31.0 Å². The van der Waals surface area contributed by atoms with Crippen LogP contribution < -0.4 is 0 Å². The van der Waals surface area contributed by atoms with Gasteiger partial charge in [-0.05, 0) is 35.8 Å². The summed E-state index contributed by atoms with van der Waals surface area (Å²) in [5.74, 6) is 0.645. The highest BCUT2D eigenvalue weighted by atomic mass is 16.2. The van der Waals surface area contributed by atoms with Crippen molar-refractivity contribution in [3.05, 3.63) is 36.7 Å². The highest BCUT2D eigenvalue weighted by molar-refractivity contribution is 5.85. The van der Waals surface area contributed by atoms with Gasteiger partial charge in [-0.3, -0.25) is 9.59 Å². The number of hydrogen-bond donors (Lipinski definition) is 0. The van der Waals surface area contributed by atoms with Gasteiger partial charge in [0.1, 0.15) is 6.54 Å². The molecule has 0 bridgehead atoms. The molecule has 0 N–H and O–H groups in total. The normalized spacial score (nSPS) is 12.7. The van der Waals surface area contributed by atoms with Gasteiger partial charge in [0.25, 0.3) is 0 Å². The zero-order valence-electron chi connectivity index (χ0n) is 19.6. The Labute approximate surface area is 177 Å². The van der Waals surface area contributed by atoms with Gasteiger partial charge in [-0.15, -0.1) is 6.58 Å². The van der Waals surface area contributed by atoms with E-state index in [4.69, 9.17) is 0 Å². The van der Waals surface area contributed by atoms with E-state index in [1.54, 1.807) is 11.0 Å². The molecule has 0 radical (unpaired) electrons. The first kappa shape index (κ1) is 25.0. The summed E-state index contributed by atoms with van der Waals surface area (Å²) in [4.78, 5) is 29.5. The summed E-state index contributed by atoms with van der Waals surface area (Å²) in [6, 6.07) is 4.01. The van der Waals surface area contributed by atoms with Crippen molar-refractivity contribution < 1.29 is 9.59 Å². The van der Waals surface area contributed by atoms with Crippen LogP contribution in [0.25, 0.3) is 0 Å². The van der Waals surface area contributed by atoms with Crippen LogP contribution in [-0.2, 0) is 23.2 Å². The lowest BCUT2D eigenvalue weighted by Crippen LogP contribution is -2.44. The lowest BCUT2D eigenvalue weighted by molar-refractivity contribution is -0.141. The van der Waals surface area contributed by atoms with Crippen LogP contribution in [0.5, 0.6) is 0 Å². The number of aryl methyl sites for hydroxylation is 1. The lowest BCUT2D eigenvalue weighted by Gasteiger charge is -2.30. The molecule has 5 nitrogen and oxygen atoms in total. The van der Waals surface area contributed by atoms with Crippen LogP contribution in [-0.4, -0.2) is 45.8 Å². The first-order valence-corrected chi connectivity index (χ1v) is 10.7. The van der Waals surface area contributed by atoms with Gasteiger partial charge in [0.2, 0.25) is 11.8 Å². The fourth-order valence-electron chi connectivity index (χ4n) is 3.77. The van der Waals surface area contributed by atoms with Gasteiger partial charge >= 0.3 is 0 Å². The van der Waals surface area contributed by atoms with Crippen LogP contribution >= 0.6 is 0 Å². The van der Waals surface area contributed by atoms with Gasteiger partial charge in [0.05, 0.1) is 6.54 Å². The SMILES string of the molecule is C=CCN(CC(=O)N(Cc1cccn1C)CC(C)C)C(=O)C[C@H](C)CC(C)(C)C. The molecule has 29 heavy (non-hydrogen) atoms. The first-order chi connectivity index (χ1) is 13.4. The molecular formula is C24H41N3O2. The number of rotatable bonds is 11. The third-order valence-electron chi connectivity index (χ3n) is 4.85. The molecule has 2 amide bonds. The van der Waals surface area contributed by atoms with E-state index < -0.39 is 0 Å². The highest BCUT2D eigenvalue weighted by Gasteiger charge is 2.24. The van der Waals surface area contributed by atoms with Gasteiger partial charge in [-0.25, -0.2) is 0 Å². The molecule has 1 aromatic heterocycles. The third kappa shape index (κ3) is 9.33. The number of amides is 2. The van der Waals surface area contributed by atoms with E-state index >= 15 is 0 Å². The second kappa shape index (κ2) is 11.2. The number of hydrogen-bond acceptors (Lipinski definition) is 2. The minimum Gasteiger partial charge on any atom is -0.353 e. The van der Waals surface area contributed by atoms with E-state index in [0.29, 0.717) is 32.0 Å². The largest absolute Gasteiger partial charge is 0.353 e. The third-order valence-corrected chi connectivity index (χ3v) is 4.85. The number of carbonyl (C=O) groups is 2. The van der Waals surface area contributed by atoms with Crippen molar-refractivity contribution in [1.82, 2.24) is 14.4 Å². The standard InChI is InChI=1S/C24H41N3O2/c1-9-12-26(22(28)14-20(4)15-24(5,6)7)18-23(29)27(16-19(2)3)17-21-11-10-13-25(21)8/h9-11,13,19-20H,1,12,14-18H2,2-8H3/t20-/m0/s1. The fourth-order valence-corrected chi connectivity index (χ4v) is 3.77. The zero-order valence-corrected chi connectivity index (χ0v) is 19.6. The zero-order chi connectivity index (χ0) is 22.2. The molecule has 1 atom stereocenters. The average molecular weight is 404 g/mol. The number of carbonyl (C=O) groups excluding carboxylic acids is 2. The summed E-state index contributed by atoms with van der Waals surface area (Å²) in [5, 5.41) is 0. The topological polar surface area (TPSA) is 45.6 Å². The van der Waals surface area contributed by atoms with Crippen LogP contribution in [0.4, 0.5) is 0 Å². The Hall–Kier alpha value is -2.04. The molecular weight excluding hydrogens is 362 g/mol. The average Bonchev–Trinajstić information content (AvgIpc) is 2.96. The van der Waals surface area contributed by atoms with E-state index in [9.17, 15) is 9.59 Å². The van der Waals surface area contributed by atoms with Crippen LogP contribution in [0.2, 0.25) is 0 Å². The summed E-state index contributed by atoms with van der Waals surface area (Å²) in [5.41, 5.74) is 1.27. The Morgan fingerprint density at radius 3 is 2.31 bits per heavy atom. The summed E-state index contributed by atoms with van der Waals surface area (Å²) in [6.07, 6.45) is 5.11. The van der Waals surface area contributed by atoms with Gasteiger partial charge < -0.3 is 14.4 Å².